The third kappa shape index (κ3) is 3.84. The molecule has 0 spiro atoms. The summed E-state index contributed by atoms with van der Waals surface area (Å²) in [4.78, 5) is 4.39. The number of hydrogen-bond acceptors (Lipinski definition) is 4. The first-order chi connectivity index (χ1) is 10.9. The first-order valence-corrected chi connectivity index (χ1v) is 9.56. The molecule has 1 N–H and O–H groups in total. The molecule has 0 fully saturated rings. The van der Waals surface area contributed by atoms with Gasteiger partial charge in [-0.05, 0) is 30.3 Å². The highest BCUT2D eigenvalue weighted by molar-refractivity contribution is 7.93. The zero-order valence-electron chi connectivity index (χ0n) is 11.5. The Hall–Kier alpha value is -1.60. The maximum Gasteiger partial charge on any atom is 0.263 e. The van der Waals surface area contributed by atoms with Crippen LogP contribution in [0, 0.1) is 0 Å². The van der Waals surface area contributed by atoms with E-state index < -0.39 is 10.0 Å². The van der Waals surface area contributed by atoms with E-state index in [1.165, 1.54) is 23.5 Å². The predicted octanol–water partition coefficient (Wildman–Crippen LogP) is 4.92. The second kappa shape index (κ2) is 6.49. The largest absolute Gasteiger partial charge is 0.263 e. The lowest BCUT2D eigenvalue weighted by molar-refractivity contribution is 0.601. The number of rotatable bonds is 4. The topological polar surface area (TPSA) is 59.1 Å². The van der Waals surface area contributed by atoms with E-state index in [0.29, 0.717) is 15.7 Å². The highest BCUT2D eigenvalue weighted by Crippen LogP contribution is 2.27. The smallest absolute Gasteiger partial charge is 0.255 e. The molecule has 3 aromatic rings. The van der Waals surface area contributed by atoms with Crippen molar-refractivity contribution in [3.05, 3.63) is 64.0 Å². The van der Waals surface area contributed by atoms with E-state index in [-0.39, 0.29) is 10.0 Å². The van der Waals surface area contributed by atoms with Crippen LogP contribution in [-0.4, -0.2) is 13.4 Å². The van der Waals surface area contributed by atoms with Gasteiger partial charge in [-0.15, -0.1) is 11.3 Å². The van der Waals surface area contributed by atoms with Crippen LogP contribution in [-0.2, 0) is 10.0 Å². The molecule has 0 radical (unpaired) electrons. The fraction of sp³-hybridized carbons (Fsp3) is 0. The van der Waals surface area contributed by atoms with Crippen LogP contribution in [0.25, 0.3) is 11.3 Å². The summed E-state index contributed by atoms with van der Waals surface area (Å²) in [5.74, 6) is 0. The van der Waals surface area contributed by atoms with Crippen LogP contribution >= 0.6 is 34.5 Å². The minimum absolute atomic E-state index is 0.0910. The number of halogens is 2. The Bertz CT molecular complexity index is 938. The number of aromatic nitrogens is 1. The third-order valence-electron chi connectivity index (χ3n) is 2.97. The lowest BCUT2D eigenvalue weighted by Crippen LogP contribution is -2.12. The van der Waals surface area contributed by atoms with Crippen LogP contribution in [0.3, 0.4) is 0 Å². The molecule has 0 aliphatic heterocycles. The Kier molecular flexibility index (Phi) is 4.59. The number of sulfonamides is 1. The number of anilines is 1. The maximum atomic E-state index is 12.3. The van der Waals surface area contributed by atoms with Gasteiger partial charge in [-0.1, -0.05) is 41.4 Å². The SMILES string of the molecule is O=S(=O)(Nc1nc(-c2ccc(Cl)cc2)cs1)c1cccc(Cl)c1. The molecular formula is C15H10Cl2N2O2S2. The normalized spacial score (nSPS) is 11.4. The first-order valence-electron chi connectivity index (χ1n) is 6.44. The molecule has 23 heavy (non-hydrogen) atoms. The van der Waals surface area contributed by atoms with Crippen molar-refractivity contribution >= 4 is 49.7 Å². The van der Waals surface area contributed by atoms with Crippen LogP contribution < -0.4 is 4.72 Å². The Balaban J connectivity index is 1.85. The van der Waals surface area contributed by atoms with E-state index >= 15 is 0 Å². The maximum absolute atomic E-state index is 12.3. The van der Waals surface area contributed by atoms with Gasteiger partial charge in [0.2, 0.25) is 0 Å². The number of nitrogens with zero attached hydrogens (tertiary/aromatic N) is 1. The highest BCUT2D eigenvalue weighted by Gasteiger charge is 2.16. The molecule has 4 nitrogen and oxygen atoms in total. The van der Waals surface area contributed by atoms with Gasteiger partial charge < -0.3 is 0 Å². The van der Waals surface area contributed by atoms with Gasteiger partial charge in [-0.25, -0.2) is 13.4 Å². The molecule has 0 amide bonds. The quantitative estimate of drug-likeness (QED) is 0.694. The molecule has 0 aliphatic rings. The minimum Gasteiger partial charge on any atom is -0.255 e. The van der Waals surface area contributed by atoms with Crippen LogP contribution in [0.5, 0.6) is 0 Å². The highest BCUT2D eigenvalue weighted by atomic mass is 35.5. The summed E-state index contributed by atoms with van der Waals surface area (Å²) in [7, 11) is -3.72. The summed E-state index contributed by atoms with van der Waals surface area (Å²) in [6.45, 7) is 0. The number of benzene rings is 2. The van der Waals surface area contributed by atoms with Gasteiger partial charge in [0.25, 0.3) is 10.0 Å². The van der Waals surface area contributed by atoms with Gasteiger partial charge in [0.05, 0.1) is 10.6 Å². The molecule has 0 aliphatic carbocycles. The number of thiazole rings is 1. The first kappa shape index (κ1) is 16.3. The lowest BCUT2D eigenvalue weighted by Gasteiger charge is -2.05. The zero-order valence-corrected chi connectivity index (χ0v) is 14.7. The monoisotopic (exact) mass is 384 g/mol. The van der Waals surface area contributed by atoms with Crippen LogP contribution in [0.15, 0.2) is 58.8 Å². The average Bonchev–Trinajstić information content (AvgIpc) is 2.96. The third-order valence-corrected chi connectivity index (χ3v) is 5.68. The van der Waals surface area contributed by atoms with Gasteiger partial charge in [0.15, 0.2) is 5.13 Å². The van der Waals surface area contributed by atoms with Gasteiger partial charge in [0.1, 0.15) is 0 Å². The molecule has 0 bridgehead atoms. The minimum atomic E-state index is -3.72. The molecule has 0 saturated heterocycles. The Morgan fingerprint density at radius 1 is 1.00 bits per heavy atom. The standard InChI is InChI=1S/C15H10Cl2N2O2S2/c16-11-6-4-10(5-7-11)14-9-22-15(18-14)19-23(20,21)13-3-1-2-12(17)8-13/h1-9H,(H,18,19). The van der Waals surface area contributed by atoms with Crippen molar-refractivity contribution in [3.63, 3.8) is 0 Å². The fourth-order valence-electron chi connectivity index (χ4n) is 1.88. The van der Waals surface area contributed by atoms with Crippen LogP contribution in [0.4, 0.5) is 5.13 Å². The zero-order chi connectivity index (χ0) is 16.4. The van der Waals surface area contributed by atoms with E-state index in [0.717, 1.165) is 5.56 Å². The van der Waals surface area contributed by atoms with E-state index in [1.54, 1.807) is 29.6 Å². The molecular weight excluding hydrogens is 375 g/mol. The molecule has 0 atom stereocenters. The summed E-state index contributed by atoms with van der Waals surface area (Å²) >= 11 is 12.9. The summed E-state index contributed by atoms with van der Waals surface area (Å²) in [5, 5.41) is 3.05. The lowest BCUT2D eigenvalue weighted by atomic mass is 10.2. The van der Waals surface area contributed by atoms with Crippen molar-refractivity contribution in [2.45, 2.75) is 4.90 Å². The van der Waals surface area contributed by atoms with Crippen LogP contribution in [0.1, 0.15) is 0 Å². The second-order valence-corrected chi connectivity index (χ2v) is 8.02. The van der Waals surface area contributed by atoms with Gasteiger partial charge >= 0.3 is 0 Å². The summed E-state index contributed by atoms with van der Waals surface area (Å²) < 4.78 is 27.1. The van der Waals surface area contributed by atoms with Crippen molar-refractivity contribution in [1.29, 1.82) is 0 Å². The summed E-state index contributed by atoms with van der Waals surface area (Å²) in [6, 6.07) is 13.2. The van der Waals surface area contributed by atoms with Gasteiger partial charge in [-0.3, -0.25) is 4.72 Å². The molecule has 2 aromatic carbocycles. The van der Waals surface area contributed by atoms with E-state index in [9.17, 15) is 8.42 Å². The van der Waals surface area contributed by atoms with E-state index in [2.05, 4.69) is 9.71 Å². The van der Waals surface area contributed by atoms with Gasteiger partial charge in [-0.2, -0.15) is 0 Å². The van der Waals surface area contributed by atoms with Crippen molar-refractivity contribution in [2.75, 3.05) is 4.72 Å². The van der Waals surface area contributed by atoms with E-state index in [4.69, 9.17) is 23.2 Å². The Morgan fingerprint density at radius 2 is 1.74 bits per heavy atom. The molecule has 0 saturated carbocycles. The molecule has 8 heteroatoms. The number of hydrogen-bond donors (Lipinski definition) is 1. The Morgan fingerprint density at radius 3 is 2.43 bits per heavy atom. The molecule has 0 unspecified atom stereocenters. The number of nitrogens with one attached hydrogen (secondary N) is 1. The molecule has 1 heterocycles. The average molecular weight is 385 g/mol. The Labute approximate surface area is 147 Å². The molecule has 3 rings (SSSR count). The van der Waals surface area contributed by atoms with Gasteiger partial charge in [0, 0.05) is 21.0 Å². The molecule has 118 valence electrons. The van der Waals surface area contributed by atoms with Crippen molar-refractivity contribution in [1.82, 2.24) is 4.98 Å². The predicted molar refractivity (Wildman–Crippen MR) is 94.8 cm³/mol. The van der Waals surface area contributed by atoms with Crippen LogP contribution in [0.2, 0.25) is 10.0 Å². The second-order valence-electron chi connectivity index (χ2n) is 4.61. The summed E-state index contributed by atoms with van der Waals surface area (Å²) in [6.07, 6.45) is 0. The molecule has 1 aromatic heterocycles. The van der Waals surface area contributed by atoms with Crippen molar-refractivity contribution in [2.24, 2.45) is 0 Å². The van der Waals surface area contributed by atoms with Crippen molar-refractivity contribution < 1.29 is 8.42 Å². The fourth-order valence-corrected chi connectivity index (χ4v) is 4.28. The van der Waals surface area contributed by atoms with Crippen molar-refractivity contribution in [3.8, 4) is 11.3 Å². The summed E-state index contributed by atoms with van der Waals surface area (Å²) in [5.41, 5.74) is 1.54. The van der Waals surface area contributed by atoms with E-state index in [1.807, 2.05) is 12.1 Å².